The highest BCUT2D eigenvalue weighted by Crippen LogP contribution is 2.08. The third-order valence-corrected chi connectivity index (χ3v) is 1.93. The Kier molecular flexibility index (Phi) is 4.04. The van der Waals surface area contributed by atoms with E-state index in [0.29, 0.717) is 13.2 Å². The molecule has 1 N–H and O–H groups in total. The van der Waals surface area contributed by atoms with Gasteiger partial charge < -0.3 is 14.8 Å². The largest absolute Gasteiger partial charge is 0.463 e. The van der Waals surface area contributed by atoms with E-state index in [2.05, 4.69) is 5.32 Å². The number of carbonyl (C=O) groups is 1. The molecule has 1 fully saturated rings. The maximum absolute atomic E-state index is 11.2. The van der Waals surface area contributed by atoms with E-state index >= 15 is 0 Å². The molecule has 4 heteroatoms. The van der Waals surface area contributed by atoms with Crippen molar-refractivity contribution in [1.82, 2.24) is 5.32 Å². The summed E-state index contributed by atoms with van der Waals surface area (Å²) in [6.07, 6.45) is 0.895. The molecule has 4 nitrogen and oxygen atoms in total. The summed E-state index contributed by atoms with van der Waals surface area (Å²) < 4.78 is 9.72. The summed E-state index contributed by atoms with van der Waals surface area (Å²) >= 11 is 0. The van der Waals surface area contributed by atoms with E-state index in [0.717, 1.165) is 19.5 Å². The molecular formula is C8H15NO3. The van der Waals surface area contributed by atoms with Crippen molar-refractivity contribution in [2.75, 3.05) is 33.4 Å². The van der Waals surface area contributed by atoms with E-state index in [-0.39, 0.29) is 11.9 Å². The fourth-order valence-electron chi connectivity index (χ4n) is 1.20. The zero-order valence-corrected chi connectivity index (χ0v) is 7.34. The highest BCUT2D eigenvalue weighted by atomic mass is 16.6. The van der Waals surface area contributed by atoms with Crippen LogP contribution in [0.2, 0.25) is 0 Å². The Morgan fingerprint density at radius 1 is 1.58 bits per heavy atom. The number of ether oxygens (including phenoxy) is 2. The van der Waals surface area contributed by atoms with Crippen LogP contribution in [-0.2, 0) is 14.3 Å². The number of nitrogens with one attached hydrogen (secondary N) is 1. The lowest BCUT2D eigenvalue weighted by atomic mass is 10.1. The van der Waals surface area contributed by atoms with E-state index in [1.54, 1.807) is 7.11 Å². The van der Waals surface area contributed by atoms with Crippen molar-refractivity contribution in [3.63, 3.8) is 0 Å². The molecule has 1 unspecified atom stereocenters. The van der Waals surface area contributed by atoms with Gasteiger partial charge in [0.25, 0.3) is 0 Å². The first-order valence-corrected chi connectivity index (χ1v) is 4.21. The van der Waals surface area contributed by atoms with Crippen molar-refractivity contribution in [3.8, 4) is 0 Å². The predicted octanol–water partition coefficient (Wildman–Crippen LogP) is -0.215. The standard InChI is InChI=1S/C8H15NO3/c1-11-4-5-12-8(10)7-2-3-9-6-7/h7,9H,2-6H2,1H3. The minimum Gasteiger partial charge on any atom is -0.463 e. The lowest BCUT2D eigenvalue weighted by Gasteiger charge is -2.07. The summed E-state index contributed by atoms with van der Waals surface area (Å²) in [5.41, 5.74) is 0. The summed E-state index contributed by atoms with van der Waals surface area (Å²) in [6.45, 7) is 2.52. The van der Waals surface area contributed by atoms with Crippen molar-refractivity contribution in [2.24, 2.45) is 5.92 Å². The van der Waals surface area contributed by atoms with Gasteiger partial charge >= 0.3 is 5.97 Å². The molecule has 0 amide bonds. The molecule has 0 aliphatic carbocycles. The highest BCUT2D eigenvalue weighted by molar-refractivity contribution is 5.73. The average Bonchev–Trinajstić information content (AvgIpc) is 2.56. The minimum atomic E-state index is -0.1000. The van der Waals surface area contributed by atoms with Gasteiger partial charge in [-0.3, -0.25) is 4.79 Å². The van der Waals surface area contributed by atoms with Gasteiger partial charge in [0.1, 0.15) is 6.61 Å². The zero-order valence-electron chi connectivity index (χ0n) is 7.34. The number of hydrogen-bond acceptors (Lipinski definition) is 4. The SMILES string of the molecule is COCCOC(=O)C1CCNC1. The fraction of sp³-hybridized carbons (Fsp3) is 0.875. The van der Waals surface area contributed by atoms with Crippen LogP contribution in [-0.4, -0.2) is 39.4 Å². The van der Waals surface area contributed by atoms with E-state index in [1.165, 1.54) is 0 Å². The Morgan fingerprint density at radius 2 is 2.42 bits per heavy atom. The second-order valence-corrected chi connectivity index (χ2v) is 2.85. The van der Waals surface area contributed by atoms with Crippen molar-refractivity contribution < 1.29 is 14.3 Å². The summed E-state index contributed by atoms with van der Waals surface area (Å²) in [5, 5.41) is 3.11. The maximum Gasteiger partial charge on any atom is 0.310 e. The van der Waals surface area contributed by atoms with Crippen LogP contribution in [0.5, 0.6) is 0 Å². The molecule has 0 radical (unpaired) electrons. The molecule has 1 saturated heterocycles. The van der Waals surface area contributed by atoms with Crippen LogP contribution in [0.3, 0.4) is 0 Å². The Labute approximate surface area is 72.2 Å². The molecule has 1 heterocycles. The van der Waals surface area contributed by atoms with Crippen LogP contribution in [0.4, 0.5) is 0 Å². The quantitative estimate of drug-likeness (QED) is 0.472. The van der Waals surface area contributed by atoms with E-state index in [9.17, 15) is 4.79 Å². The third-order valence-electron chi connectivity index (χ3n) is 1.93. The van der Waals surface area contributed by atoms with Crippen LogP contribution < -0.4 is 5.32 Å². The molecule has 0 aromatic carbocycles. The van der Waals surface area contributed by atoms with Gasteiger partial charge in [0.05, 0.1) is 12.5 Å². The Balaban J connectivity index is 2.10. The van der Waals surface area contributed by atoms with E-state index in [4.69, 9.17) is 9.47 Å². The van der Waals surface area contributed by atoms with Gasteiger partial charge in [-0.1, -0.05) is 0 Å². The highest BCUT2D eigenvalue weighted by Gasteiger charge is 2.23. The van der Waals surface area contributed by atoms with Gasteiger partial charge in [0, 0.05) is 13.7 Å². The maximum atomic E-state index is 11.2. The first-order chi connectivity index (χ1) is 5.84. The van der Waals surface area contributed by atoms with Crippen LogP contribution >= 0.6 is 0 Å². The van der Waals surface area contributed by atoms with Gasteiger partial charge in [0.15, 0.2) is 0 Å². The smallest absolute Gasteiger partial charge is 0.310 e. The molecule has 1 aliphatic heterocycles. The Bertz CT molecular complexity index is 143. The molecule has 1 atom stereocenters. The Morgan fingerprint density at radius 3 is 3.00 bits per heavy atom. The number of hydrogen-bond donors (Lipinski definition) is 1. The van der Waals surface area contributed by atoms with Crippen molar-refractivity contribution in [1.29, 1.82) is 0 Å². The summed E-state index contributed by atoms with van der Waals surface area (Å²) in [4.78, 5) is 11.2. The predicted molar refractivity (Wildman–Crippen MR) is 43.8 cm³/mol. The fourth-order valence-corrected chi connectivity index (χ4v) is 1.20. The van der Waals surface area contributed by atoms with Gasteiger partial charge in [0.2, 0.25) is 0 Å². The number of esters is 1. The van der Waals surface area contributed by atoms with Crippen molar-refractivity contribution >= 4 is 5.97 Å². The Hall–Kier alpha value is -0.610. The van der Waals surface area contributed by atoms with Crippen LogP contribution in [0.15, 0.2) is 0 Å². The summed E-state index contributed by atoms with van der Waals surface area (Å²) in [6, 6.07) is 0. The summed E-state index contributed by atoms with van der Waals surface area (Å²) in [5.74, 6) is -0.0427. The first-order valence-electron chi connectivity index (χ1n) is 4.21. The third kappa shape index (κ3) is 2.79. The van der Waals surface area contributed by atoms with Gasteiger partial charge in [-0.2, -0.15) is 0 Å². The molecule has 0 saturated carbocycles. The molecular weight excluding hydrogens is 158 g/mol. The lowest BCUT2D eigenvalue weighted by molar-refractivity contribution is -0.149. The molecule has 1 rings (SSSR count). The van der Waals surface area contributed by atoms with Gasteiger partial charge in [-0.05, 0) is 13.0 Å². The minimum absolute atomic E-state index is 0.0573. The van der Waals surface area contributed by atoms with Crippen molar-refractivity contribution in [3.05, 3.63) is 0 Å². The van der Waals surface area contributed by atoms with Crippen LogP contribution in [0, 0.1) is 5.92 Å². The number of methoxy groups -OCH3 is 1. The second-order valence-electron chi connectivity index (χ2n) is 2.85. The topological polar surface area (TPSA) is 47.6 Å². The number of rotatable bonds is 4. The second kappa shape index (κ2) is 5.11. The molecule has 70 valence electrons. The molecule has 12 heavy (non-hydrogen) atoms. The normalized spacial score (nSPS) is 22.6. The monoisotopic (exact) mass is 173 g/mol. The number of carbonyl (C=O) groups excluding carboxylic acids is 1. The van der Waals surface area contributed by atoms with Gasteiger partial charge in [-0.25, -0.2) is 0 Å². The van der Waals surface area contributed by atoms with E-state index < -0.39 is 0 Å². The molecule has 1 aliphatic rings. The van der Waals surface area contributed by atoms with Crippen LogP contribution in [0.25, 0.3) is 0 Å². The van der Waals surface area contributed by atoms with Crippen molar-refractivity contribution in [2.45, 2.75) is 6.42 Å². The molecule has 0 aromatic heterocycles. The first kappa shape index (κ1) is 9.48. The summed E-state index contributed by atoms with van der Waals surface area (Å²) in [7, 11) is 1.59. The molecule has 0 spiro atoms. The van der Waals surface area contributed by atoms with Gasteiger partial charge in [-0.15, -0.1) is 0 Å². The molecule has 0 bridgehead atoms. The average molecular weight is 173 g/mol. The molecule has 0 aromatic rings. The lowest BCUT2D eigenvalue weighted by Crippen LogP contribution is -2.21. The van der Waals surface area contributed by atoms with Crippen LogP contribution in [0.1, 0.15) is 6.42 Å². The zero-order chi connectivity index (χ0) is 8.81. The van der Waals surface area contributed by atoms with E-state index in [1.807, 2.05) is 0 Å².